The van der Waals surface area contributed by atoms with E-state index in [0.29, 0.717) is 15.7 Å². The predicted octanol–water partition coefficient (Wildman–Crippen LogP) is 5.24. The number of phenols is 2. The monoisotopic (exact) mass is 474 g/mol. The van der Waals surface area contributed by atoms with Crippen molar-refractivity contribution in [2.75, 3.05) is 0 Å². The first kappa shape index (κ1) is 16.9. The summed E-state index contributed by atoms with van der Waals surface area (Å²) >= 11 is 6.39. The van der Waals surface area contributed by atoms with Crippen LogP contribution in [0.2, 0.25) is 0 Å². The number of aromatic hydroxyl groups is 2. The Bertz CT molecular complexity index is 1130. The minimum absolute atomic E-state index is 0.0603. The largest absolute Gasteiger partial charge is 0.506 e. The van der Waals surface area contributed by atoms with E-state index >= 15 is 0 Å². The van der Waals surface area contributed by atoms with Crippen molar-refractivity contribution < 1.29 is 10.2 Å². The summed E-state index contributed by atoms with van der Waals surface area (Å²) < 4.78 is 0.676. The van der Waals surface area contributed by atoms with Gasteiger partial charge < -0.3 is 20.2 Å². The highest BCUT2D eigenvalue weighted by molar-refractivity contribution is 9.11. The fourth-order valence-electron chi connectivity index (χ4n) is 2.54. The van der Waals surface area contributed by atoms with E-state index in [4.69, 9.17) is 0 Å². The number of fused-ring (bicyclic) bond motifs is 1. The van der Waals surface area contributed by atoms with E-state index in [2.05, 4.69) is 51.8 Å². The molecule has 0 saturated carbocycles. The Morgan fingerprint density at radius 1 is 1.08 bits per heavy atom. The third-order valence-electron chi connectivity index (χ3n) is 3.89. The van der Waals surface area contributed by atoms with Crippen LogP contribution in [-0.2, 0) is 0 Å². The van der Waals surface area contributed by atoms with Crippen LogP contribution in [0.5, 0.6) is 11.5 Å². The van der Waals surface area contributed by atoms with E-state index in [1.807, 2.05) is 36.7 Å². The highest BCUT2D eigenvalue weighted by Gasteiger charge is 2.13. The van der Waals surface area contributed by atoms with Gasteiger partial charge in [0.05, 0.1) is 21.2 Å². The first-order chi connectivity index (χ1) is 12.5. The van der Waals surface area contributed by atoms with Crippen molar-refractivity contribution in [3.05, 3.63) is 57.2 Å². The normalized spacial score (nSPS) is 11.6. The number of imidazole rings is 1. The van der Waals surface area contributed by atoms with E-state index in [1.165, 1.54) is 6.21 Å². The van der Waals surface area contributed by atoms with Crippen LogP contribution < -0.4 is 0 Å². The molecule has 0 bridgehead atoms. The molecule has 0 saturated heterocycles. The minimum Gasteiger partial charge on any atom is -0.506 e. The maximum atomic E-state index is 10.1. The number of nitrogens with one attached hydrogen (secondary N) is 2. The molecule has 0 fully saturated rings. The molecule has 4 N–H and O–H groups in total. The molecule has 0 amide bonds. The SMILES string of the molecule is Oc1c(Br)cc(/C=N/c2ccc3[nH]c(-c4cc[nH]c4)nc3c2)c(O)c1Br. The average Bonchev–Trinajstić information content (AvgIpc) is 3.30. The second kappa shape index (κ2) is 6.62. The number of hydrogen-bond acceptors (Lipinski definition) is 4. The quantitative estimate of drug-likeness (QED) is 0.305. The molecule has 2 aromatic heterocycles. The van der Waals surface area contributed by atoms with Gasteiger partial charge in [-0.3, -0.25) is 4.99 Å². The lowest BCUT2D eigenvalue weighted by Gasteiger charge is -2.06. The lowest BCUT2D eigenvalue weighted by atomic mass is 10.2. The number of phenolic OH excluding ortho intramolecular Hbond substituents is 2. The van der Waals surface area contributed by atoms with Gasteiger partial charge in [-0.2, -0.15) is 0 Å². The number of aromatic nitrogens is 3. The van der Waals surface area contributed by atoms with Gasteiger partial charge in [-0.05, 0) is 62.2 Å². The van der Waals surface area contributed by atoms with Gasteiger partial charge in [0.25, 0.3) is 0 Å². The molecule has 0 spiro atoms. The van der Waals surface area contributed by atoms with Crippen LogP contribution in [0, 0.1) is 0 Å². The molecule has 4 aromatic rings. The molecule has 2 heterocycles. The van der Waals surface area contributed by atoms with Gasteiger partial charge in [0.15, 0.2) is 0 Å². The van der Waals surface area contributed by atoms with Crippen LogP contribution >= 0.6 is 31.9 Å². The molecule has 26 heavy (non-hydrogen) atoms. The molecule has 130 valence electrons. The number of halogens is 2. The van der Waals surface area contributed by atoms with Gasteiger partial charge in [-0.15, -0.1) is 0 Å². The van der Waals surface area contributed by atoms with E-state index in [-0.39, 0.29) is 16.0 Å². The number of hydrogen-bond donors (Lipinski definition) is 4. The Hall–Kier alpha value is -2.58. The first-order valence-corrected chi connectivity index (χ1v) is 9.18. The fraction of sp³-hybridized carbons (Fsp3) is 0. The molecule has 0 radical (unpaired) electrons. The van der Waals surface area contributed by atoms with Crippen molar-refractivity contribution in [1.29, 1.82) is 0 Å². The summed E-state index contributed by atoms with van der Waals surface area (Å²) in [5, 5.41) is 19.9. The molecule has 0 aliphatic rings. The van der Waals surface area contributed by atoms with Crippen LogP contribution in [0.25, 0.3) is 22.4 Å². The summed E-state index contributed by atoms with van der Waals surface area (Å²) in [5.74, 6) is 0.645. The van der Waals surface area contributed by atoms with Crippen LogP contribution in [0.1, 0.15) is 5.56 Å². The van der Waals surface area contributed by atoms with Crippen LogP contribution in [0.15, 0.2) is 56.7 Å². The molecule has 4 rings (SSSR count). The molecule has 0 aliphatic carbocycles. The predicted molar refractivity (Wildman–Crippen MR) is 108 cm³/mol. The van der Waals surface area contributed by atoms with Gasteiger partial charge >= 0.3 is 0 Å². The third-order valence-corrected chi connectivity index (χ3v) is 5.24. The molecule has 8 heteroatoms. The van der Waals surface area contributed by atoms with Gasteiger partial charge in [-0.1, -0.05) is 0 Å². The zero-order valence-electron chi connectivity index (χ0n) is 13.2. The summed E-state index contributed by atoms with van der Waals surface area (Å²) in [5.41, 5.74) is 3.86. The topological polar surface area (TPSA) is 97.3 Å². The summed E-state index contributed by atoms with van der Waals surface area (Å²) in [6, 6.07) is 9.17. The van der Waals surface area contributed by atoms with Gasteiger partial charge in [-0.25, -0.2) is 4.98 Å². The van der Waals surface area contributed by atoms with Crippen LogP contribution in [0.4, 0.5) is 5.69 Å². The minimum atomic E-state index is -0.0787. The van der Waals surface area contributed by atoms with E-state index in [1.54, 1.807) is 6.07 Å². The molecule has 6 nitrogen and oxygen atoms in total. The number of aliphatic imine (C=N–C) groups is 1. The van der Waals surface area contributed by atoms with Crippen molar-refractivity contribution in [2.24, 2.45) is 4.99 Å². The van der Waals surface area contributed by atoms with E-state index in [9.17, 15) is 10.2 Å². The number of nitrogens with zero attached hydrogens (tertiary/aromatic N) is 2. The second-order valence-electron chi connectivity index (χ2n) is 5.60. The van der Waals surface area contributed by atoms with Crippen molar-refractivity contribution in [2.45, 2.75) is 0 Å². The highest BCUT2D eigenvalue weighted by Crippen LogP contribution is 2.40. The van der Waals surface area contributed by atoms with Gasteiger partial charge in [0.2, 0.25) is 0 Å². The Balaban J connectivity index is 1.68. The van der Waals surface area contributed by atoms with Crippen molar-refractivity contribution in [1.82, 2.24) is 15.0 Å². The number of rotatable bonds is 3. The lowest BCUT2D eigenvalue weighted by Crippen LogP contribution is -1.85. The van der Waals surface area contributed by atoms with Crippen LogP contribution in [0.3, 0.4) is 0 Å². The zero-order chi connectivity index (χ0) is 18.3. The zero-order valence-corrected chi connectivity index (χ0v) is 16.3. The molecule has 0 unspecified atom stereocenters. The number of benzene rings is 2. The summed E-state index contributed by atoms with van der Waals surface area (Å²) in [6.07, 6.45) is 5.25. The van der Waals surface area contributed by atoms with Crippen LogP contribution in [-0.4, -0.2) is 31.4 Å². The Morgan fingerprint density at radius 3 is 2.69 bits per heavy atom. The van der Waals surface area contributed by atoms with Crippen molar-refractivity contribution in [3.8, 4) is 22.9 Å². The standard InChI is InChI=1S/C18H12Br2N4O2/c19-12-5-10(16(25)15(20)17(12)26)8-22-11-1-2-13-14(6-11)24-18(23-13)9-3-4-21-7-9/h1-8,21,25-26H,(H,23,24)/b22-8+. The summed E-state index contributed by atoms with van der Waals surface area (Å²) in [4.78, 5) is 15.3. The fourth-order valence-corrected chi connectivity index (χ4v) is 3.70. The first-order valence-electron chi connectivity index (χ1n) is 7.60. The van der Waals surface area contributed by atoms with Gasteiger partial charge in [0, 0.05) is 29.7 Å². The Kier molecular flexibility index (Phi) is 4.29. The smallest absolute Gasteiger partial charge is 0.147 e. The number of H-pyrrole nitrogens is 2. The van der Waals surface area contributed by atoms with Gasteiger partial charge in [0.1, 0.15) is 21.8 Å². The maximum Gasteiger partial charge on any atom is 0.147 e. The number of aromatic amines is 2. The molecule has 2 aromatic carbocycles. The van der Waals surface area contributed by atoms with Crippen molar-refractivity contribution in [3.63, 3.8) is 0 Å². The van der Waals surface area contributed by atoms with Crippen molar-refractivity contribution >= 4 is 54.8 Å². The maximum absolute atomic E-state index is 10.1. The molecular weight excluding hydrogens is 464 g/mol. The van der Waals surface area contributed by atoms with E-state index < -0.39 is 0 Å². The Labute approximate surface area is 164 Å². The summed E-state index contributed by atoms with van der Waals surface area (Å²) in [7, 11) is 0. The van der Waals surface area contributed by atoms with E-state index in [0.717, 1.165) is 22.4 Å². The lowest BCUT2D eigenvalue weighted by molar-refractivity contribution is 0.442. The molecule has 0 atom stereocenters. The molecular formula is C18H12Br2N4O2. The molecule has 0 aliphatic heterocycles. The third kappa shape index (κ3) is 3.02. The summed E-state index contributed by atoms with van der Waals surface area (Å²) in [6.45, 7) is 0. The average molecular weight is 476 g/mol. The highest BCUT2D eigenvalue weighted by atomic mass is 79.9. The Morgan fingerprint density at radius 2 is 1.92 bits per heavy atom. The second-order valence-corrected chi connectivity index (χ2v) is 7.25.